The molecule has 0 radical (unpaired) electrons. The van der Waals surface area contributed by atoms with Crippen molar-refractivity contribution >= 4 is 17.4 Å². The van der Waals surface area contributed by atoms with Crippen LogP contribution < -0.4 is 18.9 Å². The topological polar surface area (TPSA) is 94.5 Å². The van der Waals surface area contributed by atoms with Crippen LogP contribution in [0.2, 0.25) is 0 Å². The number of nitrogens with zero attached hydrogens (tertiary/aromatic N) is 1. The molecule has 0 saturated carbocycles. The van der Waals surface area contributed by atoms with Gasteiger partial charge in [-0.1, -0.05) is 30.3 Å². The van der Waals surface area contributed by atoms with Crippen LogP contribution >= 0.6 is 0 Å². The molecule has 8 nitrogen and oxygen atoms in total. The Balaban J connectivity index is 1.88. The molecule has 0 bridgehead atoms. The number of rotatable bonds is 8. The Morgan fingerprint density at radius 3 is 2.22 bits per heavy atom. The molecule has 0 aromatic heterocycles. The lowest BCUT2D eigenvalue weighted by atomic mass is 9.94. The van der Waals surface area contributed by atoms with Gasteiger partial charge in [-0.3, -0.25) is 9.59 Å². The lowest BCUT2D eigenvalue weighted by molar-refractivity contribution is -0.140. The molecule has 3 aromatic carbocycles. The van der Waals surface area contributed by atoms with E-state index < -0.39 is 17.7 Å². The van der Waals surface area contributed by atoms with Gasteiger partial charge < -0.3 is 29.0 Å². The quantitative estimate of drug-likeness (QED) is 0.286. The lowest BCUT2D eigenvalue weighted by Gasteiger charge is -2.26. The van der Waals surface area contributed by atoms with E-state index in [0.717, 1.165) is 5.56 Å². The summed E-state index contributed by atoms with van der Waals surface area (Å²) in [5, 5.41) is 11.3. The fourth-order valence-corrected chi connectivity index (χ4v) is 4.36. The molecule has 1 unspecified atom stereocenters. The first-order valence-electron chi connectivity index (χ1n) is 11.2. The zero-order valence-electron chi connectivity index (χ0n) is 20.5. The first-order valence-corrected chi connectivity index (χ1v) is 11.2. The number of likely N-dealkylation sites (tertiary alicyclic amines) is 1. The summed E-state index contributed by atoms with van der Waals surface area (Å²) in [5.41, 5.74) is 1.63. The van der Waals surface area contributed by atoms with Gasteiger partial charge in [-0.25, -0.2) is 0 Å². The molecule has 36 heavy (non-hydrogen) atoms. The van der Waals surface area contributed by atoms with E-state index >= 15 is 0 Å². The molecule has 1 fully saturated rings. The smallest absolute Gasteiger partial charge is 0.295 e. The van der Waals surface area contributed by atoms with Crippen molar-refractivity contribution < 1.29 is 33.6 Å². The number of benzene rings is 3. The minimum Gasteiger partial charge on any atom is -0.507 e. The van der Waals surface area contributed by atoms with Gasteiger partial charge in [0.15, 0.2) is 11.5 Å². The van der Waals surface area contributed by atoms with Crippen molar-refractivity contribution in [2.45, 2.75) is 12.6 Å². The van der Waals surface area contributed by atoms with Crippen LogP contribution in [0, 0.1) is 0 Å². The average Bonchev–Trinajstić information content (AvgIpc) is 3.17. The maximum absolute atomic E-state index is 13.4. The highest BCUT2D eigenvalue weighted by atomic mass is 16.5. The molecular formula is C28H27NO7. The molecule has 0 spiro atoms. The number of methoxy groups -OCH3 is 4. The Kier molecular flexibility index (Phi) is 7.15. The lowest BCUT2D eigenvalue weighted by Crippen LogP contribution is -2.29. The molecule has 186 valence electrons. The number of hydrogen-bond donors (Lipinski definition) is 1. The molecule has 1 N–H and O–H groups in total. The van der Waals surface area contributed by atoms with E-state index in [2.05, 4.69) is 0 Å². The van der Waals surface area contributed by atoms with E-state index in [1.54, 1.807) is 66.7 Å². The van der Waals surface area contributed by atoms with E-state index in [1.807, 2.05) is 0 Å². The molecular weight excluding hydrogens is 462 g/mol. The van der Waals surface area contributed by atoms with Gasteiger partial charge in [0.05, 0.1) is 45.6 Å². The van der Waals surface area contributed by atoms with Gasteiger partial charge in [0.25, 0.3) is 11.7 Å². The fraction of sp³-hybridized carbons (Fsp3) is 0.214. The van der Waals surface area contributed by atoms with Crippen LogP contribution in [0.4, 0.5) is 0 Å². The van der Waals surface area contributed by atoms with E-state index in [-0.39, 0.29) is 17.9 Å². The van der Waals surface area contributed by atoms with E-state index in [1.165, 1.54) is 33.3 Å². The number of aliphatic hydroxyl groups is 1. The number of carbonyl (C=O) groups excluding carboxylic acids is 2. The van der Waals surface area contributed by atoms with Crippen LogP contribution in [0.1, 0.15) is 22.7 Å². The van der Waals surface area contributed by atoms with Gasteiger partial charge in [0.1, 0.15) is 17.3 Å². The molecule has 0 aliphatic carbocycles. The molecule has 1 saturated heterocycles. The summed E-state index contributed by atoms with van der Waals surface area (Å²) >= 11 is 0. The van der Waals surface area contributed by atoms with Gasteiger partial charge >= 0.3 is 0 Å². The second kappa shape index (κ2) is 10.4. The van der Waals surface area contributed by atoms with Crippen LogP contribution in [0.15, 0.2) is 72.3 Å². The minimum atomic E-state index is -0.863. The van der Waals surface area contributed by atoms with Gasteiger partial charge in [0.2, 0.25) is 0 Å². The Morgan fingerprint density at radius 2 is 1.53 bits per heavy atom. The highest BCUT2D eigenvalue weighted by molar-refractivity contribution is 6.46. The number of carbonyl (C=O) groups is 2. The van der Waals surface area contributed by atoms with Gasteiger partial charge in [0, 0.05) is 6.54 Å². The number of ether oxygens (including phenoxy) is 4. The summed E-state index contributed by atoms with van der Waals surface area (Å²) in [6.45, 7) is 0.0928. The molecule has 1 amide bonds. The number of hydrogen-bond acceptors (Lipinski definition) is 7. The third-order valence-corrected chi connectivity index (χ3v) is 6.11. The first kappa shape index (κ1) is 24.7. The first-order chi connectivity index (χ1) is 17.4. The Morgan fingerprint density at radius 1 is 0.806 bits per heavy atom. The highest BCUT2D eigenvalue weighted by Crippen LogP contribution is 2.42. The van der Waals surface area contributed by atoms with Crippen LogP contribution in [-0.4, -0.2) is 50.1 Å². The molecule has 8 heteroatoms. The van der Waals surface area contributed by atoms with E-state index in [0.29, 0.717) is 34.1 Å². The molecule has 4 rings (SSSR count). The second-order valence-corrected chi connectivity index (χ2v) is 8.09. The fourth-order valence-electron chi connectivity index (χ4n) is 4.36. The second-order valence-electron chi connectivity index (χ2n) is 8.09. The SMILES string of the molecule is COc1cccc(C2/C(=C(\O)c3ccccc3OC)C(=O)C(=O)N2Cc2ccc(OC)c(OC)c2)c1. The van der Waals surface area contributed by atoms with Gasteiger partial charge in [-0.15, -0.1) is 0 Å². The molecule has 1 heterocycles. The van der Waals surface area contributed by atoms with Crippen LogP contribution in [-0.2, 0) is 16.1 Å². The summed E-state index contributed by atoms with van der Waals surface area (Å²) in [6, 6.07) is 18.3. The molecule has 1 atom stereocenters. The predicted octanol–water partition coefficient (Wildman–Crippen LogP) is 4.34. The van der Waals surface area contributed by atoms with Crippen molar-refractivity contribution in [2.24, 2.45) is 0 Å². The monoisotopic (exact) mass is 489 g/mol. The largest absolute Gasteiger partial charge is 0.507 e. The highest BCUT2D eigenvalue weighted by Gasteiger charge is 2.46. The third-order valence-electron chi connectivity index (χ3n) is 6.11. The standard InChI is InChI=1S/C28H27NO7/c1-33-19-9-7-8-18(15-19)25-24(26(30)20-10-5-6-11-21(20)34-2)27(31)28(32)29(25)16-17-12-13-22(35-3)23(14-17)36-4/h5-15,25,30H,16H2,1-4H3/b26-24+. The van der Waals surface area contributed by atoms with E-state index in [9.17, 15) is 14.7 Å². The minimum absolute atomic E-state index is 0.0294. The van der Waals surface area contributed by atoms with Crippen LogP contribution in [0.5, 0.6) is 23.0 Å². The normalized spacial score (nSPS) is 16.7. The molecule has 1 aliphatic rings. The van der Waals surface area contributed by atoms with Crippen LogP contribution in [0.3, 0.4) is 0 Å². The number of para-hydroxylation sites is 1. The molecule has 1 aliphatic heterocycles. The van der Waals surface area contributed by atoms with Gasteiger partial charge in [-0.2, -0.15) is 0 Å². The van der Waals surface area contributed by atoms with Gasteiger partial charge in [-0.05, 0) is 47.5 Å². The van der Waals surface area contributed by atoms with Crippen molar-refractivity contribution in [3.63, 3.8) is 0 Å². The van der Waals surface area contributed by atoms with Crippen LogP contribution in [0.25, 0.3) is 5.76 Å². The van der Waals surface area contributed by atoms with E-state index in [4.69, 9.17) is 18.9 Å². The van der Waals surface area contributed by atoms with Crippen molar-refractivity contribution in [1.82, 2.24) is 4.90 Å². The number of ketones is 1. The summed E-state index contributed by atoms with van der Waals surface area (Å²) in [5.74, 6) is 0.156. The van der Waals surface area contributed by atoms with Crippen molar-refractivity contribution in [2.75, 3.05) is 28.4 Å². The zero-order valence-corrected chi connectivity index (χ0v) is 20.5. The average molecular weight is 490 g/mol. The number of amides is 1. The Bertz CT molecular complexity index is 1330. The predicted molar refractivity (Wildman–Crippen MR) is 133 cm³/mol. The summed E-state index contributed by atoms with van der Waals surface area (Å²) in [4.78, 5) is 28.1. The Labute approximate surface area is 209 Å². The maximum atomic E-state index is 13.4. The summed E-state index contributed by atoms with van der Waals surface area (Å²) in [6.07, 6.45) is 0. The number of aliphatic hydroxyl groups excluding tert-OH is 1. The summed E-state index contributed by atoms with van der Waals surface area (Å²) < 4.78 is 21.5. The van der Waals surface area contributed by atoms with Crippen molar-refractivity contribution in [1.29, 1.82) is 0 Å². The zero-order chi connectivity index (χ0) is 25.8. The number of Topliss-reactive ketones (excluding diaryl/α,β-unsaturated/α-hetero) is 1. The maximum Gasteiger partial charge on any atom is 0.295 e. The third kappa shape index (κ3) is 4.45. The van der Waals surface area contributed by atoms with Crippen molar-refractivity contribution in [3.05, 3.63) is 89.0 Å². The molecule has 3 aromatic rings. The van der Waals surface area contributed by atoms with Crippen molar-refractivity contribution in [3.8, 4) is 23.0 Å². The summed E-state index contributed by atoms with van der Waals surface area (Å²) in [7, 11) is 6.07. The Hall–Kier alpha value is -4.46.